The summed E-state index contributed by atoms with van der Waals surface area (Å²) < 4.78 is 15.0. The zero-order chi connectivity index (χ0) is 16.7. The summed E-state index contributed by atoms with van der Waals surface area (Å²) in [6.45, 7) is 2.78. The van der Waals surface area contributed by atoms with Gasteiger partial charge in [-0.1, -0.05) is 43.7 Å². The van der Waals surface area contributed by atoms with Crippen LogP contribution in [0.3, 0.4) is 0 Å². The van der Waals surface area contributed by atoms with E-state index in [0.717, 1.165) is 19.3 Å². The van der Waals surface area contributed by atoms with Crippen molar-refractivity contribution in [1.29, 1.82) is 0 Å². The third kappa shape index (κ3) is 4.69. The molecule has 0 fully saturated rings. The van der Waals surface area contributed by atoms with Gasteiger partial charge in [-0.25, -0.2) is 9.07 Å². The molecule has 1 heterocycles. The van der Waals surface area contributed by atoms with E-state index in [1.54, 1.807) is 18.2 Å². The van der Waals surface area contributed by atoms with Crippen molar-refractivity contribution >= 4 is 17.7 Å². The summed E-state index contributed by atoms with van der Waals surface area (Å²) in [6.07, 6.45) is 3.17. The molecule has 3 N–H and O–H groups in total. The van der Waals surface area contributed by atoms with E-state index >= 15 is 0 Å². The number of aromatic nitrogens is 3. The number of carbonyl (C=O) groups excluding carboxylic acids is 1. The fourth-order valence-electron chi connectivity index (χ4n) is 1.99. The van der Waals surface area contributed by atoms with Gasteiger partial charge in [-0.3, -0.25) is 4.79 Å². The lowest BCUT2D eigenvalue weighted by Crippen LogP contribution is -2.26. The third-order valence-corrected chi connectivity index (χ3v) is 4.16. The van der Waals surface area contributed by atoms with Gasteiger partial charge in [-0.15, -0.1) is 10.2 Å². The minimum atomic E-state index is -0.420. The minimum Gasteiger partial charge on any atom is -0.355 e. The molecule has 6 nitrogen and oxygen atoms in total. The van der Waals surface area contributed by atoms with Gasteiger partial charge in [-0.2, -0.15) is 0 Å². The molecule has 0 aliphatic carbocycles. The van der Waals surface area contributed by atoms with Gasteiger partial charge >= 0.3 is 0 Å². The van der Waals surface area contributed by atoms with Crippen LogP contribution < -0.4 is 11.2 Å². The predicted octanol–water partition coefficient (Wildman–Crippen LogP) is 2.20. The molecule has 1 amide bonds. The van der Waals surface area contributed by atoms with Gasteiger partial charge in [0.2, 0.25) is 11.1 Å². The number of nitrogens with one attached hydrogen (secondary N) is 1. The number of amides is 1. The third-order valence-electron chi connectivity index (χ3n) is 3.21. The van der Waals surface area contributed by atoms with Crippen molar-refractivity contribution in [2.24, 2.45) is 0 Å². The largest absolute Gasteiger partial charge is 0.355 e. The summed E-state index contributed by atoms with van der Waals surface area (Å²) in [5.41, 5.74) is 0.276. The number of unbranched alkanes of at least 4 members (excludes halogenated alkanes) is 2. The number of nitrogens with two attached hydrogens (primary N) is 1. The van der Waals surface area contributed by atoms with E-state index in [4.69, 9.17) is 5.84 Å². The van der Waals surface area contributed by atoms with Crippen molar-refractivity contribution in [3.05, 3.63) is 30.1 Å². The zero-order valence-electron chi connectivity index (χ0n) is 13.0. The van der Waals surface area contributed by atoms with Crippen LogP contribution in [-0.2, 0) is 4.79 Å². The van der Waals surface area contributed by atoms with Crippen LogP contribution in [0.15, 0.2) is 29.4 Å². The fourth-order valence-corrected chi connectivity index (χ4v) is 2.67. The van der Waals surface area contributed by atoms with Gasteiger partial charge in [0.15, 0.2) is 5.82 Å². The van der Waals surface area contributed by atoms with Crippen molar-refractivity contribution < 1.29 is 9.18 Å². The van der Waals surface area contributed by atoms with E-state index in [-0.39, 0.29) is 23.0 Å². The van der Waals surface area contributed by atoms with E-state index in [1.807, 2.05) is 0 Å². The molecule has 124 valence electrons. The van der Waals surface area contributed by atoms with E-state index in [9.17, 15) is 9.18 Å². The Balaban J connectivity index is 1.93. The monoisotopic (exact) mass is 337 g/mol. The van der Waals surface area contributed by atoms with Crippen molar-refractivity contribution in [2.45, 2.75) is 31.3 Å². The summed E-state index contributed by atoms with van der Waals surface area (Å²) in [7, 11) is 0. The highest BCUT2D eigenvalue weighted by atomic mass is 32.2. The molecule has 8 heteroatoms. The molecule has 0 aliphatic rings. The number of hydrogen-bond donors (Lipinski definition) is 2. The highest BCUT2D eigenvalue weighted by Crippen LogP contribution is 2.23. The number of nitrogens with zero attached hydrogens (tertiary/aromatic N) is 3. The lowest BCUT2D eigenvalue weighted by Gasteiger charge is -2.05. The molecule has 0 radical (unpaired) electrons. The SMILES string of the molecule is CCCCCNC(=O)CSc1nnc(-c2ccccc2F)n1N. The average Bonchev–Trinajstić information content (AvgIpc) is 2.91. The van der Waals surface area contributed by atoms with Gasteiger partial charge in [0.25, 0.3) is 0 Å². The Hall–Kier alpha value is -2.09. The molecule has 0 atom stereocenters. The Morgan fingerprint density at radius 2 is 2.13 bits per heavy atom. The van der Waals surface area contributed by atoms with E-state index in [1.165, 1.54) is 22.5 Å². The smallest absolute Gasteiger partial charge is 0.230 e. The van der Waals surface area contributed by atoms with Crippen LogP contribution in [0, 0.1) is 5.82 Å². The Morgan fingerprint density at radius 1 is 1.35 bits per heavy atom. The second kappa shape index (κ2) is 8.52. The Labute approximate surface area is 138 Å². The standard InChI is InChI=1S/C15H20FN5OS/c1-2-3-6-9-18-13(22)10-23-15-20-19-14(21(15)17)11-7-4-5-8-12(11)16/h4-5,7-8H,2-3,6,9-10,17H2,1H3,(H,18,22). The van der Waals surface area contributed by atoms with Gasteiger partial charge in [0.05, 0.1) is 11.3 Å². The first-order valence-corrected chi connectivity index (χ1v) is 8.47. The predicted molar refractivity (Wildman–Crippen MR) is 88.8 cm³/mol. The van der Waals surface area contributed by atoms with Crippen LogP contribution in [0.25, 0.3) is 11.4 Å². The second-order valence-electron chi connectivity index (χ2n) is 5.00. The van der Waals surface area contributed by atoms with E-state index in [0.29, 0.717) is 11.7 Å². The minimum absolute atomic E-state index is 0.0819. The molecule has 0 saturated heterocycles. The summed E-state index contributed by atoms with van der Waals surface area (Å²) in [5, 5.41) is 11.0. The number of rotatable bonds is 8. The first-order valence-electron chi connectivity index (χ1n) is 7.48. The van der Waals surface area contributed by atoms with Gasteiger partial charge in [0.1, 0.15) is 5.82 Å². The number of carbonyl (C=O) groups is 1. The topological polar surface area (TPSA) is 85.8 Å². The summed E-state index contributed by atoms with van der Waals surface area (Å²) in [6, 6.07) is 6.20. The number of benzene rings is 1. The molecular weight excluding hydrogens is 317 g/mol. The first kappa shape index (κ1) is 17.3. The molecule has 0 unspecified atom stereocenters. The Kier molecular flexibility index (Phi) is 6.40. The number of halogens is 1. The molecule has 0 spiro atoms. The van der Waals surface area contributed by atoms with Crippen LogP contribution >= 0.6 is 11.8 Å². The second-order valence-corrected chi connectivity index (χ2v) is 5.94. The molecule has 0 bridgehead atoms. The molecule has 2 aromatic rings. The normalized spacial score (nSPS) is 10.7. The van der Waals surface area contributed by atoms with Crippen LogP contribution in [-0.4, -0.2) is 33.1 Å². The van der Waals surface area contributed by atoms with E-state index in [2.05, 4.69) is 22.4 Å². The molecule has 1 aromatic heterocycles. The van der Waals surface area contributed by atoms with Crippen LogP contribution in [0.2, 0.25) is 0 Å². The summed E-state index contributed by atoms with van der Waals surface area (Å²) in [5.74, 6) is 5.82. The first-order chi connectivity index (χ1) is 11.1. The highest BCUT2D eigenvalue weighted by molar-refractivity contribution is 7.99. The molecule has 0 saturated carbocycles. The van der Waals surface area contributed by atoms with Crippen LogP contribution in [0.1, 0.15) is 26.2 Å². The maximum Gasteiger partial charge on any atom is 0.230 e. The van der Waals surface area contributed by atoms with Crippen LogP contribution in [0.5, 0.6) is 0 Å². The Morgan fingerprint density at radius 3 is 2.87 bits per heavy atom. The Bertz CT molecular complexity index is 661. The lowest BCUT2D eigenvalue weighted by molar-refractivity contribution is -0.118. The van der Waals surface area contributed by atoms with Gasteiger partial charge in [-0.05, 0) is 18.6 Å². The molecule has 23 heavy (non-hydrogen) atoms. The van der Waals surface area contributed by atoms with Crippen molar-refractivity contribution in [3.8, 4) is 11.4 Å². The van der Waals surface area contributed by atoms with Gasteiger partial charge < -0.3 is 11.2 Å². The van der Waals surface area contributed by atoms with Crippen molar-refractivity contribution in [2.75, 3.05) is 18.1 Å². The number of nitrogen functional groups attached to an aromatic ring is 1. The molecule has 1 aromatic carbocycles. The van der Waals surface area contributed by atoms with Crippen molar-refractivity contribution in [1.82, 2.24) is 20.2 Å². The average molecular weight is 337 g/mol. The summed E-state index contributed by atoms with van der Waals surface area (Å²) >= 11 is 1.17. The number of thioether (sulfide) groups is 1. The molecule has 0 aliphatic heterocycles. The van der Waals surface area contributed by atoms with Gasteiger partial charge in [0, 0.05) is 6.54 Å². The van der Waals surface area contributed by atoms with Crippen LogP contribution in [0.4, 0.5) is 4.39 Å². The fraction of sp³-hybridized carbons (Fsp3) is 0.400. The van der Waals surface area contributed by atoms with E-state index < -0.39 is 5.82 Å². The molecule has 2 rings (SSSR count). The maximum absolute atomic E-state index is 13.8. The highest BCUT2D eigenvalue weighted by Gasteiger charge is 2.16. The maximum atomic E-state index is 13.8. The quantitative estimate of drug-likeness (QED) is 0.438. The summed E-state index contributed by atoms with van der Waals surface area (Å²) in [4.78, 5) is 11.7. The zero-order valence-corrected chi connectivity index (χ0v) is 13.8. The number of hydrogen-bond acceptors (Lipinski definition) is 5. The molecular formula is C15H20FN5OS. The van der Waals surface area contributed by atoms with Crippen molar-refractivity contribution in [3.63, 3.8) is 0 Å². The lowest BCUT2D eigenvalue weighted by atomic mass is 10.2.